The summed E-state index contributed by atoms with van der Waals surface area (Å²) < 4.78 is 245. The predicted octanol–water partition coefficient (Wildman–Crippen LogP) is 17.7. The summed E-state index contributed by atoms with van der Waals surface area (Å²) in [7, 11) is -86.2. The Morgan fingerprint density at radius 3 is 0.688 bits per heavy atom. The monoisotopic (exact) mass is 1960 g/mol. The van der Waals surface area contributed by atoms with Crippen LogP contribution in [-0.4, -0.2) is 223 Å². The van der Waals surface area contributed by atoms with E-state index in [2.05, 4.69) is 0 Å². The highest BCUT2D eigenvalue weighted by Gasteiger charge is 2.70. The number of benzene rings is 2. The quantitative estimate of drug-likeness (QED) is 0.0440. The zero-order valence-corrected chi connectivity index (χ0v) is 96.1. The largest absolute Gasteiger partial charge is 0.582 e. The van der Waals surface area contributed by atoms with E-state index in [1.165, 1.54) is 0 Å². The average Bonchev–Trinajstić information content (AvgIpc) is 1.23. The fourth-order valence-corrected chi connectivity index (χ4v) is 82.5. The fourth-order valence-electron chi connectivity index (χ4n) is 11.8. The van der Waals surface area contributed by atoms with Gasteiger partial charge in [-0.15, -0.1) is 15.9 Å². The first-order chi connectivity index (χ1) is 49.5. The van der Waals surface area contributed by atoms with Gasteiger partial charge in [-0.05, 0) is 274 Å². The lowest BCUT2D eigenvalue weighted by molar-refractivity contribution is 0.101. The SMILES string of the molecule is CCCN([Si](O[Si](C)(C)C)(O[Si](C)(C)C)O[Si](C)(C)C)S(=O)(=O)c1c2c(c(S(=O)(=O)N(CCC)[Si](O[Si](C)(C)C)(O[Si](C)(C)C)O[Si](C)(C)C)c(S(=O)(=O)N(CCC)[Si](O[Si](C)(C)C)(O[Si](C)(C)C)O[Si](C)(C)C)c1S(=O)(=O)N(CCC)[Si](O[Si](C)(C)C)(O[Si](C)(C)C)O[Si](C)(C)C)C(=O)C(=C1Sc3ccccc3C1=O)S2. The number of carbonyl (C=O) groups excluding carboxylic acids is 2. The first-order valence-corrected chi connectivity index (χ1v) is 93.5. The molecular formula is C64H140N4O22S6Si16. The fraction of sp³-hybridized carbons (Fsp3) is 0.750. The Morgan fingerprint density at radius 2 is 0.473 bits per heavy atom. The number of hydrogen-bond donors (Lipinski definition) is 0. The molecule has 0 unspecified atom stereocenters. The van der Waals surface area contributed by atoms with Gasteiger partial charge >= 0.3 is 35.9 Å². The lowest BCUT2D eigenvalue weighted by Gasteiger charge is -2.48. The molecule has 0 spiro atoms. The maximum Gasteiger partial charge on any atom is 0.582 e. The van der Waals surface area contributed by atoms with Crippen molar-refractivity contribution in [1.29, 1.82) is 0 Å². The number of ketones is 2. The number of fused-ring (bicyclic) bond motifs is 2. The molecule has 2 heterocycles. The number of hydrogen-bond acceptors (Lipinski definition) is 24. The van der Waals surface area contributed by atoms with Crippen molar-refractivity contribution in [2.45, 2.75) is 318 Å². The van der Waals surface area contributed by atoms with E-state index in [4.69, 9.17) is 49.4 Å². The van der Waals surface area contributed by atoms with Gasteiger partial charge in [-0.2, -0.15) is 0 Å². The first kappa shape index (κ1) is 105. The van der Waals surface area contributed by atoms with Gasteiger partial charge in [-0.1, -0.05) is 63.4 Å². The molecule has 0 aliphatic carbocycles. The van der Waals surface area contributed by atoms with E-state index in [0.29, 0.717) is 16.7 Å². The summed E-state index contributed by atoms with van der Waals surface area (Å²) in [6.45, 7) is 69.7. The number of nitrogens with zero attached hydrogens (tertiary/aromatic N) is 4. The summed E-state index contributed by atoms with van der Waals surface area (Å²) in [5, 5.41) is 0. The summed E-state index contributed by atoms with van der Waals surface area (Å²) in [5.74, 6) is -2.03. The molecule has 48 heteroatoms. The van der Waals surface area contributed by atoms with Crippen LogP contribution in [0.25, 0.3) is 0 Å². The molecule has 0 fully saturated rings. The Hall–Kier alpha value is 0.850. The topological polar surface area (TPSA) is 294 Å². The lowest BCUT2D eigenvalue weighted by atomic mass is 10.1. The molecule has 648 valence electrons. The maximum absolute atomic E-state index is 19.2. The van der Waals surface area contributed by atoms with Crippen LogP contribution in [0.4, 0.5) is 0 Å². The summed E-state index contributed by atoms with van der Waals surface area (Å²) in [6.07, 6.45) is -0.323. The van der Waals surface area contributed by atoms with Crippen molar-refractivity contribution in [2.75, 3.05) is 26.2 Å². The highest BCUT2D eigenvalue weighted by atomic mass is 32.2. The van der Waals surface area contributed by atoms with Gasteiger partial charge in [-0.25, -0.2) is 33.7 Å². The van der Waals surface area contributed by atoms with Gasteiger partial charge in [0.15, 0.2) is 99.8 Å². The molecule has 2 aliphatic heterocycles. The smallest absolute Gasteiger partial charge is 0.404 e. The molecule has 0 bridgehead atoms. The minimum absolute atomic E-state index is 0.0472. The average molecular weight is 1960 g/mol. The summed E-state index contributed by atoms with van der Waals surface area (Å²) in [5.41, 5.74) is -0.939. The van der Waals surface area contributed by atoms with Crippen LogP contribution in [0.15, 0.2) is 63.4 Å². The highest BCUT2D eigenvalue weighted by molar-refractivity contribution is 8.09. The molecule has 0 aromatic heterocycles. The summed E-state index contributed by atoms with van der Waals surface area (Å²) in [4.78, 5) is 25.8. The van der Waals surface area contributed by atoms with Gasteiger partial charge in [0.25, 0.3) is 0 Å². The lowest BCUT2D eigenvalue weighted by Crippen LogP contribution is -2.72. The Balaban J connectivity index is 3.18. The van der Waals surface area contributed by atoms with E-state index in [-0.39, 0.29) is 36.2 Å². The van der Waals surface area contributed by atoms with Gasteiger partial charge < -0.3 is 49.4 Å². The molecule has 2 aliphatic rings. The van der Waals surface area contributed by atoms with Gasteiger partial charge in [0.05, 0.1) is 15.4 Å². The van der Waals surface area contributed by atoms with Crippen molar-refractivity contribution in [3.63, 3.8) is 0 Å². The van der Waals surface area contributed by atoms with Crippen LogP contribution in [0, 0.1) is 0 Å². The van der Waals surface area contributed by atoms with Crippen LogP contribution in [0.5, 0.6) is 0 Å². The second kappa shape index (κ2) is 36.2. The Bertz CT molecular complexity index is 4080. The van der Waals surface area contributed by atoms with Crippen LogP contribution >= 0.6 is 23.5 Å². The third kappa shape index (κ3) is 27.7. The molecule has 0 atom stereocenters. The molecule has 112 heavy (non-hydrogen) atoms. The minimum atomic E-state index is -6.42. The first-order valence-electron chi connectivity index (χ1n) is 38.6. The van der Waals surface area contributed by atoms with Crippen molar-refractivity contribution >= 4 is 211 Å². The number of thioether (sulfide) groups is 2. The van der Waals surface area contributed by atoms with Gasteiger partial charge in [0.1, 0.15) is 19.6 Å². The van der Waals surface area contributed by atoms with E-state index in [1.54, 1.807) is 111 Å². The number of allylic oxidation sites excluding steroid dienone is 2. The van der Waals surface area contributed by atoms with E-state index in [9.17, 15) is 0 Å². The Kier molecular flexibility index (Phi) is 34.0. The Labute approximate surface area is 702 Å². The minimum Gasteiger partial charge on any atom is -0.404 e. The van der Waals surface area contributed by atoms with E-state index >= 15 is 43.3 Å². The van der Waals surface area contributed by atoms with Crippen molar-refractivity contribution in [1.82, 2.24) is 15.9 Å². The molecule has 0 saturated heterocycles. The van der Waals surface area contributed by atoms with Crippen LogP contribution in [0.1, 0.15) is 74.1 Å². The number of sulfonamides is 4. The summed E-state index contributed by atoms with van der Waals surface area (Å²) >= 11 is 1.23. The van der Waals surface area contributed by atoms with E-state index in [0.717, 1.165) is 27.6 Å². The van der Waals surface area contributed by atoms with Gasteiger partial charge in [-0.3, -0.25) is 9.59 Å². The molecule has 0 saturated carbocycles. The molecule has 0 amide bonds. The normalized spacial score (nSPS) is 16.9. The van der Waals surface area contributed by atoms with Crippen LogP contribution < -0.4 is 0 Å². The second-order valence-electron chi connectivity index (χ2n) is 40.0. The summed E-state index contributed by atoms with van der Waals surface area (Å²) in [6, 6.07) is 6.54. The van der Waals surface area contributed by atoms with Gasteiger partial charge in [0, 0.05) is 41.5 Å². The number of Topliss-reactive ketones (excluding diaryl/α,β-unsaturated/α-hetero) is 2. The van der Waals surface area contributed by atoms with Crippen molar-refractivity contribution < 1.29 is 92.6 Å². The van der Waals surface area contributed by atoms with Gasteiger partial charge in [0.2, 0.25) is 51.7 Å². The van der Waals surface area contributed by atoms with Crippen LogP contribution in [0.3, 0.4) is 0 Å². The molecule has 26 nitrogen and oxygen atoms in total. The number of rotatable bonds is 44. The van der Waals surface area contributed by atoms with E-state index < -0.39 is 248 Å². The second-order valence-corrected chi connectivity index (χ2v) is 117. The molecule has 4 rings (SSSR count). The number of carbonyl (C=O) groups is 2. The van der Waals surface area contributed by atoms with Crippen molar-refractivity contribution in [3.8, 4) is 0 Å². The molecule has 0 N–H and O–H groups in total. The molecular weight excluding hydrogens is 1820 g/mol. The standard InChI is InChI=1S/C64H140N4O22S6Si16/c1-41-49-65(109(79-97(5,6)7,80-98(8,9)10)81-99(11,12)13)93(71,72)61-55-57(70)60(59-56(69)53-47-45-46-48-54(53)91-59)92-58(55)62(94(73,74)66(50-42-2)110(82-100(14,15)16,83-101(17,18)19)84-102(20,21)22)64(96(77,78)68(52-44-4)112(88-106(32,33)34,89-107(35,36)37)90-108(38,39)40)63(61)95(75,76)67(51-43-3)111(85-103(23,24)25,86-104(26,27)28)87-105(29,30)31/h45-48H,41-44,49-52H2,1-40H3. The van der Waals surface area contributed by atoms with Crippen LogP contribution in [-0.2, 0) is 89.5 Å². The Morgan fingerprint density at radius 1 is 0.277 bits per heavy atom. The van der Waals surface area contributed by atoms with Crippen molar-refractivity contribution in [3.05, 3.63) is 45.2 Å². The maximum atomic E-state index is 19.2. The zero-order chi connectivity index (χ0) is 87.6. The molecule has 2 aromatic carbocycles. The third-order valence-corrected chi connectivity index (χ3v) is 74.5. The molecule has 0 radical (unpaired) electrons. The predicted molar refractivity (Wildman–Crippen MR) is 493 cm³/mol. The van der Waals surface area contributed by atoms with E-state index in [1.807, 2.05) is 177 Å². The zero-order valence-electron chi connectivity index (χ0n) is 75.2. The molecule has 2 aromatic rings. The van der Waals surface area contributed by atoms with Crippen molar-refractivity contribution in [2.24, 2.45) is 0 Å². The highest BCUT2D eigenvalue weighted by Crippen LogP contribution is 2.59. The third-order valence-electron chi connectivity index (χ3n) is 14.0. The van der Waals surface area contributed by atoms with Crippen LogP contribution in [0.2, 0.25) is 236 Å².